The van der Waals surface area contributed by atoms with Gasteiger partial charge in [-0.3, -0.25) is 4.18 Å². The van der Waals surface area contributed by atoms with Gasteiger partial charge in [-0.2, -0.15) is 8.42 Å². The summed E-state index contributed by atoms with van der Waals surface area (Å²) in [6.45, 7) is 1.61. The van der Waals surface area contributed by atoms with Crippen molar-refractivity contribution in [2.75, 3.05) is 7.11 Å². The molecule has 1 rings (SSSR count). The van der Waals surface area contributed by atoms with Crippen LogP contribution in [-0.4, -0.2) is 15.5 Å². The van der Waals surface area contributed by atoms with Gasteiger partial charge in [-0.05, 0) is 12.5 Å². The summed E-state index contributed by atoms with van der Waals surface area (Å²) in [7, 11) is -2.28. The first kappa shape index (κ1) is 10.2. The van der Waals surface area contributed by atoms with Crippen LogP contribution < -0.4 is 0 Å². The lowest BCUT2D eigenvalue weighted by atomic mass is 10.2. The second-order valence-corrected chi connectivity index (χ2v) is 4.74. The van der Waals surface area contributed by atoms with E-state index in [9.17, 15) is 8.42 Å². The molecule has 1 aromatic carbocycles. The molecule has 0 spiro atoms. The molecule has 0 fully saturated rings. The Morgan fingerprint density at radius 3 is 2.23 bits per heavy atom. The zero-order chi connectivity index (χ0) is 9.90. The Hall–Kier alpha value is -0.870. The molecule has 0 aliphatic carbocycles. The fourth-order valence-electron chi connectivity index (χ4n) is 1.04. The maximum absolute atomic E-state index is 11.3. The maximum Gasteiger partial charge on any atom is 0.273 e. The van der Waals surface area contributed by atoms with Crippen LogP contribution in [-0.2, 0) is 14.3 Å². The lowest BCUT2D eigenvalue weighted by Crippen LogP contribution is -2.11. The van der Waals surface area contributed by atoms with Crippen LogP contribution in [0.25, 0.3) is 0 Å². The first-order valence-electron chi connectivity index (χ1n) is 3.92. The zero-order valence-corrected chi connectivity index (χ0v) is 8.41. The highest BCUT2D eigenvalue weighted by Gasteiger charge is 2.21. The summed E-state index contributed by atoms with van der Waals surface area (Å²) in [5.74, 6) is 0. The monoisotopic (exact) mass is 200 g/mol. The van der Waals surface area contributed by atoms with E-state index >= 15 is 0 Å². The SMILES string of the molecule is COS(=O)(=O)[C@@H](C)c1ccccc1. The minimum Gasteiger partial charge on any atom is -0.273 e. The summed E-state index contributed by atoms with van der Waals surface area (Å²) in [4.78, 5) is 0. The first-order valence-corrected chi connectivity index (χ1v) is 5.39. The second kappa shape index (κ2) is 3.89. The lowest BCUT2D eigenvalue weighted by Gasteiger charge is -2.10. The van der Waals surface area contributed by atoms with E-state index in [4.69, 9.17) is 0 Å². The molecule has 1 aromatic rings. The third-order valence-electron chi connectivity index (χ3n) is 1.93. The van der Waals surface area contributed by atoms with Gasteiger partial charge in [0, 0.05) is 0 Å². The molecule has 0 saturated carbocycles. The van der Waals surface area contributed by atoms with Gasteiger partial charge in [0.2, 0.25) is 0 Å². The van der Waals surface area contributed by atoms with Crippen LogP contribution in [0.15, 0.2) is 30.3 Å². The van der Waals surface area contributed by atoms with E-state index in [0.29, 0.717) is 0 Å². The van der Waals surface area contributed by atoms with Crippen LogP contribution in [0, 0.1) is 0 Å². The highest BCUT2D eigenvalue weighted by atomic mass is 32.2. The maximum atomic E-state index is 11.3. The minimum atomic E-state index is -3.45. The van der Waals surface area contributed by atoms with Crippen molar-refractivity contribution in [3.8, 4) is 0 Å². The Balaban J connectivity index is 2.99. The van der Waals surface area contributed by atoms with Gasteiger partial charge in [-0.25, -0.2) is 0 Å². The van der Waals surface area contributed by atoms with E-state index in [1.807, 2.05) is 6.07 Å². The van der Waals surface area contributed by atoms with Gasteiger partial charge in [0.05, 0.1) is 7.11 Å². The fourth-order valence-corrected chi connectivity index (χ4v) is 1.81. The molecule has 0 radical (unpaired) electrons. The molecular weight excluding hydrogens is 188 g/mol. The molecule has 0 heterocycles. The molecule has 0 aromatic heterocycles. The van der Waals surface area contributed by atoms with Gasteiger partial charge in [0.25, 0.3) is 10.1 Å². The summed E-state index contributed by atoms with van der Waals surface area (Å²) in [5.41, 5.74) is 0.740. The van der Waals surface area contributed by atoms with Gasteiger partial charge in [-0.1, -0.05) is 30.3 Å². The predicted octanol–water partition coefficient (Wildman–Crippen LogP) is 1.72. The third kappa shape index (κ3) is 2.29. The van der Waals surface area contributed by atoms with E-state index < -0.39 is 15.4 Å². The average molecular weight is 200 g/mol. The third-order valence-corrected chi connectivity index (χ3v) is 3.54. The molecular formula is C9H12O3S. The van der Waals surface area contributed by atoms with Gasteiger partial charge in [0.1, 0.15) is 5.25 Å². The largest absolute Gasteiger partial charge is 0.273 e. The number of benzene rings is 1. The van der Waals surface area contributed by atoms with Crippen LogP contribution in [0.4, 0.5) is 0 Å². The molecule has 0 aliphatic heterocycles. The van der Waals surface area contributed by atoms with Gasteiger partial charge in [-0.15, -0.1) is 0 Å². The Kier molecular flexibility index (Phi) is 3.06. The van der Waals surface area contributed by atoms with Crippen molar-refractivity contribution in [1.82, 2.24) is 0 Å². The van der Waals surface area contributed by atoms with E-state index in [1.165, 1.54) is 7.11 Å². The number of hydrogen-bond acceptors (Lipinski definition) is 3. The normalized spacial score (nSPS) is 14.0. The van der Waals surface area contributed by atoms with Gasteiger partial charge < -0.3 is 0 Å². The molecule has 4 heteroatoms. The van der Waals surface area contributed by atoms with Crippen molar-refractivity contribution in [1.29, 1.82) is 0 Å². The second-order valence-electron chi connectivity index (χ2n) is 2.71. The average Bonchev–Trinajstić information content (AvgIpc) is 2.18. The van der Waals surface area contributed by atoms with Crippen molar-refractivity contribution >= 4 is 10.1 Å². The zero-order valence-electron chi connectivity index (χ0n) is 7.60. The molecule has 13 heavy (non-hydrogen) atoms. The summed E-state index contributed by atoms with van der Waals surface area (Å²) in [6, 6.07) is 8.98. The summed E-state index contributed by atoms with van der Waals surface area (Å²) in [5, 5.41) is -0.612. The highest BCUT2D eigenvalue weighted by molar-refractivity contribution is 7.86. The molecule has 0 N–H and O–H groups in total. The molecule has 0 bridgehead atoms. The molecule has 3 nitrogen and oxygen atoms in total. The molecule has 0 unspecified atom stereocenters. The Labute approximate surface area is 78.5 Å². The molecule has 0 aliphatic rings. The van der Waals surface area contributed by atoms with E-state index in [0.717, 1.165) is 5.56 Å². The Morgan fingerprint density at radius 1 is 1.23 bits per heavy atom. The first-order chi connectivity index (χ1) is 6.08. The van der Waals surface area contributed by atoms with Crippen LogP contribution >= 0.6 is 0 Å². The van der Waals surface area contributed by atoms with Gasteiger partial charge in [0.15, 0.2) is 0 Å². The van der Waals surface area contributed by atoms with E-state index in [-0.39, 0.29) is 0 Å². The van der Waals surface area contributed by atoms with Crippen LogP contribution in [0.5, 0.6) is 0 Å². The molecule has 0 amide bonds. The summed E-state index contributed by atoms with van der Waals surface area (Å²) < 4.78 is 27.0. The van der Waals surface area contributed by atoms with Crippen LogP contribution in [0.2, 0.25) is 0 Å². The van der Waals surface area contributed by atoms with Crippen molar-refractivity contribution < 1.29 is 12.6 Å². The van der Waals surface area contributed by atoms with Crippen molar-refractivity contribution in [2.24, 2.45) is 0 Å². The van der Waals surface area contributed by atoms with Crippen molar-refractivity contribution in [3.05, 3.63) is 35.9 Å². The number of hydrogen-bond donors (Lipinski definition) is 0. The summed E-state index contributed by atoms with van der Waals surface area (Å²) in [6.07, 6.45) is 0. The highest BCUT2D eigenvalue weighted by Crippen LogP contribution is 2.21. The van der Waals surface area contributed by atoms with Crippen molar-refractivity contribution in [2.45, 2.75) is 12.2 Å². The Morgan fingerprint density at radius 2 is 1.77 bits per heavy atom. The minimum absolute atomic E-state index is 0.612. The topological polar surface area (TPSA) is 43.4 Å². The molecule has 72 valence electrons. The standard InChI is InChI=1S/C9H12O3S/c1-8(13(10,11)12-2)9-6-4-3-5-7-9/h3-8H,1-2H3/t8-/m0/s1. The van der Waals surface area contributed by atoms with Crippen LogP contribution in [0.3, 0.4) is 0 Å². The summed E-state index contributed by atoms with van der Waals surface area (Å²) >= 11 is 0. The smallest absolute Gasteiger partial charge is 0.273 e. The van der Waals surface area contributed by atoms with Crippen molar-refractivity contribution in [3.63, 3.8) is 0 Å². The quantitative estimate of drug-likeness (QED) is 0.698. The molecule has 1 atom stereocenters. The predicted molar refractivity (Wildman–Crippen MR) is 50.8 cm³/mol. The Bertz CT molecular complexity index is 356. The lowest BCUT2D eigenvalue weighted by molar-refractivity contribution is 0.390. The van der Waals surface area contributed by atoms with Gasteiger partial charge >= 0.3 is 0 Å². The fraction of sp³-hybridized carbons (Fsp3) is 0.333. The van der Waals surface area contributed by atoms with Crippen LogP contribution in [0.1, 0.15) is 17.7 Å². The number of rotatable bonds is 3. The molecule has 0 saturated heterocycles. The van der Waals surface area contributed by atoms with E-state index in [1.54, 1.807) is 31.2 Å². The van der Waals surface area contributed by atoms with E-state index in [2.05, 4.69) is 4.18 Å².